The minimum atomic E-state index is -3.87. The van der Waals surface area contributed by atoms with Crippen LogP contribution in [0.3, 0.4) is 0 Å². The number of sulfonamides is 1. The van der Waals surface area contributed by atoms with Crippen LogP contribution in [0.2, 0.25) is 0 Å². The highest BCUT2D eigenvalue weighted by atomic mass is 32.2. The van der Waals surface area contributed by atoms with Gasteiger partial charge in [-0.2, -0.15) is 4.31 Å². The number of halogens is 1. The van der Waals surface area contributed by atoms with Gasteiger partial charge in [-0.05, 0) is 36.8 Å². The van der Waals surface area contributed by atoms with E-state index in [1.165, 1.54) is 40.7 Å². The van der Waals surface area contributed by atoms with E-state index >= 15 is 0 Å². The van der Waals surface area contributed by atoms with Gasteiger partial charge in [0.25, 0.3) is 0 Å². The molecule has 4 nitrogen and oxygen atoms in total. The number of carbonyl (C=O) groups excluding carboxylic acids is 1. The number of hydrogen-bond donors (Lipinski definition) is 0. The fourth-order valence-electron chi connectivity index (χ4n) is 3.36. The maximum absolute atomic E-state index is 13.3. The lowest BCUT2D eigenvalue weighted by molar-refractivity contribution is 0.0981. The van der Waals surface area contributed by atoms with E-state index in [0.29, 0.717) is 11.1 Å². The molecule has 0 radical (unpaired) electrons. The van der Waals surface area contributed by atoms with Crippen molar-refractivity contribution in [3.05, 3.63) is 101 Å². The summed E-state index contributed by atoms with van der Waals surface area (Å²) in [7, 11) is -3.87. The zero-order valence-corrected chi connectivity index (χ0v) is 15.9. The van der Waals surface area contributed by atoms with Crippen molar-refractivity contribution in [3.63, 3.8) is 0 Å². The van der Waals surface area contributed by atoms with Gasteiger partial charge in [0.1, 0.15) is 11.9 Å². The maximum Gasteiger partial charge on any atom is 0.244 e. The first kappa shape index (κ1) is 18.5. The van der Waals surface area contributed by atoms with Crippen LogP contribution >= 0.6 is 0 Å². The number of Topliss-reactive ketones (excluding diaryl/α,β-unsaturated/α-hetero) is 1. The van der Waals surface area contributed by atoms with Crippen LogP contribution < -0.4 is 0 Å². The van der Waals surface area contributed by atoms with Crippen molar-refractivity contribution in [3.8, 4) is 0 Å². The van der Waals surface area contributed by atoms with Gasteiger partial charge in [0.15, 0.2) is 5.78 Å². The van der Waals surface area contributed by atoms with Crippen LogP contribution in [-0.2, 0) is 10.0 Å². The Balaban J connectivity index is 1.75. The molecule has 0 aromatic heterocycles. The first-order valence-electron chi connectivity index (χ1n) is 8.84. The number of hydrogen-bond acceptors (Lipinski definition) is 3. The Morgan fingerprint density at radius 2 is 1.50 bits per heavy atom. The quantitative estimate of drug-likeness (QED) is 0.482. The minimum absolute atomic E-state index is 0.133. The lowest BCUT2D eigenvalue weighted by Crippen LogP contribution is -2.19. The molecule has 1 unspecified atom stereocenters. The summed E-state index contributed by atoms with van der Waals surface area (Å²) in [6.45, 7) is 1.87. The molecule has 3 aromatic rings. The molecule has 1 aliphatic heterocycles. The summed E-state index contributed by atoms with van der Waals surface area (Å²) in [6, 6.07) is 19.2. The predicted molar refractivity (Wildman–Crippen MR) is 104 cm³/mol. The summed E-state index contributed by atoms with van der Waals surface area (Å²) in [6.07, 6.45) is 0. The molecule has 1 aliphatic rings. The normalized spacial score (nSPS) is 21.3. The number of nitrogens with zero attached hydrogens (tertiary/aromatic N) is 1. The summed E-state index contributed by atoms with van der Waals surface area (Å²) in [5.74, 6) is -0.686. The molecule has 0 bridgehead atoms. The van der Waals surface area contributed by atoms with Crippen molar-refractivity contribution in [2.75, 3.05) is 0 Å². The van der Waals surface area contributed by atoms with E-state index in [9.17, 15) is 17.6 Å². The Hall–Kier alpha value is -2.83. The molecule has 28 heavy (non-hydrogen) atoms. The van der Waals surface area contributed by atoms with Gasteiger partial charge >= 0.3 is 0 Å². The second-order valence-corrected chi connectivity index (χ2v) is 8.66. The average molecular weight is 395 g/mol. The van der Waals surface area contributed by atoms with Gasteiger partial charge in [-0.3, -0.25) is 4.79 Å². The molecule has 0 saturated carbocycles. The summed E-state index contributed by atoms with van der Waals surface area (Å²) >= 11 is 0. The number of benzene rings is 3. The Morgan fingerprint density at radius 1 is 0.893 bits per heavy atom. The summed E-state index contributed by atoms with van der Waals surface area (Å²) in [4.78, 5) is 13.2. The summed E-state index contributed by atoms with van der Waals surface area (Å²) in [5.41, 5.74) is 1.98. The molecule has 1 fully saturated rings. The highest BCUT2D eigenvalue weighted by molar-refractivity contribution is 7.89. The minimum Gasteiger partial charge on any atom is -0.292 e. The molecule has 4 rings (SSSR count). The number of ketones is 1. The Kier molecular flexibility index (Phi) is 4.61. The standard InChI is InChI=1S/C22H18FNO3S/c1-15-7-13-19(14-8-15)28(26,27)24-20(16-9-11-18(23)12-10-16)21(24)22(25)17-5-3-2-4-6-17/h2-14,20-21H,1H3/t20-,21+,24?/m0/s1. The van der Waals surface area contributed by atoms with Gasteiger partial charge in [0, 0.05) is 5.56 Å². The van der Waals surface area contributed by atoms with Gasteiger partial charge in [-0.25, -0.2) is 12.8 Å². The average Bonchev–Trinajstić information content (AvgIpc) is 3.45. The topological polar surface area (TPSA) is 54.2 Å². The number of rotatable bonds is 5. The first-order chi connectivity index (χ1) is 13.4. The zero-order chi connectivity index (χ0) is 19.9. The zero-order valence-electron chi connectivity index (χ0n) is 15.1. The molecule has 0 amide bonds. The Bertz CT molecular complexity index is 1110. The second kappa shape index (κ2) is 6.96. The lowest BCUT2D eigenvalue weighted by Gasteiger charge is -2.07. The SMILES string of the molecule is Cc1ccc(S(=O)(=O)N2[C@@H](C(=O)c3ccccc3)[C@@H]2c2ccc(F)cc2)cc1. The van der Waals surface area contributed by atoms with Crippen molar-refractivity contribution in [2.45, 2.75) is 23.9 Å². The molecular weight excluding hydrogens is 377 g/mol. The van der Waals surface area contributed by atoms with Crippen molar-refractivity contribution < 1.29 is 17.6 Å². The van der Waals surface area contributed by atoms with Crippen LogP contribution in [0.15, 0.2) is 83.8 Å². The van der Waals surface area contributed by atoms with Gasteiger partial charge in [0.2, 0.25) is 10.0 Å². The summed E-state index contributed by atoms with van der Waals surface area (Å²) in [5, 5.41) is 0. The molecule has 6 heteroatoms. The third-order valence-electron chi connectivity index (χ3n) is 4.89. The Labute approximate surface area is 163 Å². The third-order valence-corrected chi connectivity index (χ3v) is 6.77. The molecular formula is C22H18FNO3S. The van der Waals surface area contributed by atoms with Crippen molar-refractivity contribution in [1.82, 2.24) is 4.31 Å². The highest BCUT2D eigenvalue weighted by Gasteiger charge is 2.60. The van der Waals surface area contributed by atoms with Gasteiger partial charge in [0.05, 0.1) is 10.9 Å². The van der Waals surface area contributed by atoms with Crippen LogP contribution in [-0.4, -0.2) is 24.5 Å². The van der Waals surface area contributed by atoms with Crippen molar-refractivity contribution in [2.24, 2.45) is 0 Å². The predicted octanol–water partition coefficient (Wildman–Crippen LogP) is 4.13. The molecule has 0 aliphatic carbocycles. The van der Waals surface area contributed by atoms with Crippen molar-refractivity contribution in [1.29, 1.82) is 0 Å². The van der Waals surface area contributed by atoms with E-state index in [2.05, 4.69) is 0 Å². The molecule has 3 atom stereocenters. The van der Waals surface area contributed by atoms with Gasteiger partial charge < -0.3 is 0 Å². The van der Waals surface area contributed by atoms with E-state index in [-0.39, 0.29) is 10.7 Å². The fourth-order valence-corrected chi connectivity index (χ4v) is 5.08. The van der Waals surface area contributed by atoms with Gasteiger partial charge in [-0.1, -0.05) is 60.2 Å². The van der Waals surface area contributed by atoms with E-state index in [0.717, 1.165) is 5.56 Å². The summed E-state index contributed by atoms with van der Waals surface area (Å²) < 4.78 is 40.9. The van der Waals surface area contributed by atoms with Crippen molar-refractivity contribution >= 4 is 15.8 Å². The number of carbonyl (C=O) groups is 1. The second-order valence-electron chi connectivity index (χ2n) is 6.82. The van der Waals surface area contributed by atoms with E-state index in [4.69, 9.17) is 0 Å². The monoisotopic (exact) mass is 395 g/mol. The van der Waals surface area contributed by atoms with Crippen LogP contribution in [0.1, 0.15) is 27.5 Å². The third kappa shape index (κ3) is 3.25. The molecule has 1 heterocycles. The molecule has 1 saturated heterocycles. The van der Waals surface area contributed by atoms with E-state index < -0.39 is 27.9 Å². The van der Waals surface area contributed by atoms with Crippen LogP contribution in [0.25, 0.3) is 0 Å². The molecule has 3 aromatic carbocycles. The molecule has 0 N–H and O–H groups in total. The Morgan fingerprint density at radius 3 is 2.11 bits per heavy atom. The lowest BCUT2D eigenvalue weighted by atomic mass is 10.0. The van der Waals surface area contributed by atoms with Crippen LogP contribution in [0.4, 0.5) is 4.39 Å². The van der Waals surface area contributed by atoms with E-state index in [1.54, 1.807) is 42.5 Å². The number of aryl methyl sites for hydroxylation is 1. The highest BCUT2D eigenvalue weighted by Crippen LogP contribution is 2.49. The first-order valence-corrected chi connectivity index (χ1v) is 10.3. The smallest absolute Gasteiger partial charge is 0.244 e. The fraction of sp³-hybridized carbons (Fsp3) is 0.136. The van der Waals surface area contributed by atoms with E-state index in [1.807, 2.05) is 6.92 Å². The maximum atomic E-state index is 13.3. The molecule has 142 valence electrons. The van der Waals surface area contributed by atoms with Crippen LogP contribution in [0.5, 0.6) is 0 Å². The largest absolute Gasteiger partial charge is 0.292 e. The molecule has 0 spiro atoms. The van der Waals surface area contributed by atoms with Gasteiger partial charge in [-0.15, -0.1) is 0 Å². The van der Waals surface area contributed by atoms with Crippen LogP contribution in [0, 0.1) is 12.7 Å².